The van der Waals surface area contributed by atoms with Gasteiger partial charge in [-0.25, -0.2) is 4.79 Å². The lowest BCUT2D eigenvalue weighted by molar-refractivity contribution is -0.144. The highest BCUT2D eigenvalue weighted by atomic mass is 32.2. The average Bonchev–Trinajstić information content (AvgIpc) is 2.25. The Labute approximate surface area is 105 Å². The average molecular weight is 269 g/mol. The second-order valence-corrected chi connectivity index (χ2v) is 4.52. The molecular weight excluding hydrogens is 254 g/mol. The summed E-state index contributed by atoms with van der Waals surface area (Å²) in [6, 6.07) is -0.664. The minimum absolute atomic E-state index is 0.189. The molecule has 0 radical (unpaired) electrons. The zero-order valence-corrected chi connectivity index (χ0v) is 11.0. The molecule has 4 nitrogen and oxygen atoms in total. The van der Waals surface area contributed by atoms with Gasteiger partial charge in [0.2, 0.25) is 5.91 Å². The van der Waals surface area contributed by atoms with Gasteiger partial charge in [-0.3, -0.25) is 4.79 Å². The van der Waals surface area contributed by atoms with Crippen LogP contribution in [0.15, 0.2) is 0 Å². The van der Waals surface area contributed by atoms with Gasteiger partial charge in [-0.15, -0.1) is 0 Å². The summed E-state index contributed by atoms with van der Waals surface area (Å²) in [5, 5.41) is 2.54. The number of carbonyl (C=O) groups excluding carboxylic acids is 2. The molecule has 0 bridgehead atoms. The van der Waals surface area contributed by atoms with Gasteiger partial charge in [0, 0.05) is 11.5 Å². The van der Waals surface area contributed by atoms with E-state index in [9.17, 15) is 9.59 Å². The molecule has 0 aromatic carbocycles. The molecule has 88 valence electrons. The predicted molar refractivity (Wildman–Crippen MR) is 69.0 cm³/mol. The van der Waals surface area contributed by atoms with Crippen LogP contribution in [0.5, 0.6) is 0 Å². The van der Waals surface area contributed by atoms with E-state index < -0.39 is 12.0 Å². The smallest absolute Gasteiger partial charge is 0.329 e. The van der Waals surface area contributed by atoms with Gasteiger partial charge in [-0.05, 0) is 5.75 Å². The van der Waals surface area contributed by atoms with E-state index in [1.165, 1.54) is 18.9 Å². The molecule has 0 saturated heterocycles. The van der Waals surface area contributed by atoms with Crippen molar-refractivity contribution < 1.29 is 14.3 Å². The number of hydrogen-bond donors (Lipinski definition) is 3. The second kappa shape index (κ2) is 9.23. The number of hydrogen-bond acceptors (Lipinski definition) is 6. The fourth-order valence-corrected chi connectivity index (χ4v) is 1.96. The molecule has 0 spiro atoms. The Bertz CT molecular complexity index is 213. The topological polar surface area (TPSA) is 55.4 Å². The molecule has 0 aliphatic carbocycles. The maximum Gasteiger partial charge on any atom is 0.329 e. The number of nitrogens with one attached hydrogen (secondary N) is 1. The van der Waals surface area contributed by atoms with Gasteiger partial charge in [0.25, 0.3) is 0 Å². The molecule has 7 heteroatoms. The minimum atomic E-state index is -0.664. The maximum atomic E-state index is 11.3. The molecule has 1 amide bonds. The number of rotatable bonds is 7. The van der Waals surface area contributed by atoms with Crippen LogP contribution in [0.2, 0.25) is 0 Å². The standard InChI is InChI=1S/C8H15NO3S3/c1-12-8(11)6(4-14)9-7(10)5-15-3-2-13/h6,13-14H,2-5H2,1H3,(H,9,10). The molecule has 0 aromatic rings. The Kier molecular flexibility index (Phi) is 9.23. The zero-order chi connectivity index (χ0) is 11.7. The van der Waals surface area contributed by atoms with Crippen molar-refractivity contribution in [2.24, 2.45) is 0 Å². The van der Waals surface area contributed by atoms with E-state index in [1.54, 1.807) is 0 Å². The fraction of sp³-hybridized carbons (Fsp3) is 0.750. The van der Waals surface area contributed by atoms with Gasteiger partial charge in [0.15, 0.2) is 0 Å². The van der Waals surface area contributed by atoms with Gasteiger partial charge in [0.1, 0.15) is 6.04 Å². The Morgan fingerprint density at radius 1 is 1.47 bits per heavy atom. The molecule has 0 aliphatic heterocycles. The van der Waals surface area contributed by atoms with E-state index in [-0.39, 0.29) is 11.7 Å². The van der Waals surface area contributed by atoms with Crippen LogP contribution in [0.1, 0.15) is 0 Å². The van der Waals surface area contributed by atoms with Crippen LogP contribution in [0.4, 0.5) is 0 Å². The molecule has 0 aromatic heterocycles. The summed E-state index contributed by atoms with van der Waals surface area (Å²) in [7, 11) is 1.28. The van der Waals surface area contributed by atoms with Crippen LogP contribution in [-0.2, 0) is 14.3 Å². The van der Waals surface area contributed by atoms with Crippen molar-refractivity contribution in [3.05, 3.63) is 0 Å². The first-order valence-electron chi connectivity index (χ1n) is 4.32. The third-order valence-electron chi connectivity index (χ3n) is 1.47. The highest BCUT2D eigenvalue weighted by Gasteiger charge is 2.19. The Hall–Kier alpha value is -0.0100. The number of thioether (sulfide) groups is 1. The lowest BCUT2D eigenvalue weighted by Gasteiger charge is -2.13. The zero-order valence-electron chi connectivity index (χ0n) is 8.43. The van der Waals surface area contributed by atoms with E-state index in [0.717, 1.165) is 11.5 Å². The lowest BCUT2D eigenvalue weighted by atomic mass is 10.3. The third kappa shape index (κ3) is 6.97. The maximum absolute atomic E-state index is 11.3. The summed E-state index contributed by atoms with van der Waals surface area (Å²) in [6.45, 7) is 0. The van der Waals surface area contributed by atoms with Crippen LogP contribution in [-0.4, -0.2) is 48.0 Å². The van der Waals surface area contributed by atoms with Crippen LogP contribution < -0.4 is 5.32 Å². The lowest BCUT2D eigenvalue weighted by Crippen LogP contribution is -2.43. The second-order valence-electron chi connectivity index (χ2n) is 2.60. The van der Waals surface area contributed by atoms with Crippen molar-refractivity contribution in [2.75, 3.05) is 30.1 Å². The Morgan fingerprint density at radius 2 is 2.13 bits per heavy atom. The summed E-state index contributed by atoms with van der Waals surface area (Å²) in [4.78, 5) is 22.4. The number of thiol groups is 2. The first-order valence-corrected chi connectivity index (χ1v) is 6.74. The van der Waals surface area contributed by atoms with Gasteiger partial charge in [0.05, 0.1) is 12.9 Å². The van der Waals surface area contributed by atoms with Crippen LogP contribution >= 0.6 is 37.0 Å². The highest BCUT2D eigenvalue weighted by Crippen LogP contribution is 2.00. The van der Waals surface area contributed by atoms with E-state index in [0.29, 0.717) is 5.75 Å². The minimum Gasteiger partial charge on any atom is -0.467 e. The van der Waals surface area contributed by atoms with Crippen molar-refractivity contribution >= 4 is 48.9 Å². The first kappa shape index (κ1) is 15.0. The van der Waals surface area contributed by atoms with Crippen LogP contribution in [0.3, 0.4) is 0 Å². The molecule has 0 fully saturated rings. The predicted octanol–water partition coefficient (Wildman–Crippen LogP) is 0.237. The largest absolute Gasteiger partial charge is 0.467 e. The number of ether oxygens (including phenoxy) is 1. The molecule has 0 heterocycles. The van der Waals surface area contributed by atoms with Gasteiger partial charge in [-0.1, -0.05) is 0 Å². The van der Waals surface area contributed by atoms with Crippen molar-refractivity contribution in [3.63, 3.8) is 0 Å². The summed E-state index contributed by atoms with van der Waals surface area (Å²) in [5.41, 5.74) is 0. The van der Waals surface area contributed by atoms with Crippen molar-refractivity contribution in [3.8, 4) is 0 Å². The normalized spacial score (nSPS) is 11.9. The first-order chi connectivity index (χ1) is 7.15. The Balaban J connectivity index is 3.85. The van der Waals surface area contributed by atoms with E-state index in [2.05, 4.69) is 35.3 Å². The van der Waals surface area contributed by atoms with Crippen LogP contribution in [0, 0.1) is 0 Å². The van der Waals surface area contributed by atoms with Crippen molar-refractivity contribution in [1.29, 1.82) is 0 Å². The number of carbonyl (C=O) groups is 2. The molecule has 0 aliphatic rings. The molecule has 0 rings (SSSR count). The summed E-state index contributed by atoms with van der Waals surface area (Å²) < 4.78 is 4.51. The SMILES string of the molecule is COC(=O)C(CS)NC(=O)CSCCS. The number of esters is 1. The van der Waals surface area contributed by atoms with Gasteiger partial charge < -0.3 is 10.1 Å². The monoisotopic (exact) mass is 269 g/mol. The Morgan fingerprint density at radius 3 is 2.60 bits per heavy atom. The third-order valence-corrected chi connectivity index (χ3v) is 3.32. The van der Waals surface area contributed by atoms with E-state index in [1.807, 2.05) is 0 Å². The van der Waals surface area contributed by atoms with Crippen molar-refractivity contribution in [2.45, 2.75) is 6.04 Å². The molecule has 1 unspecified atom stereocenters. The van der Waals surface area contributed by atoms with E-state index >= 15 is 0 Å². The van der Waals surface area contributed by atoms with E-state index in [4.69, 9.17) is 0 Å². The summed E-state index contributed by atoms with van der Waals surface area (Å²) >= 11 is 9.45. The highest BCUT2D eigenvalue weighted by molar-refractivity contribution is 8.00. The summed E-state index contributed by atoms with van der Waals surface area (Å²) in [5.74, 6) is 1.42. The molecule has 0 saturated carbocycles. The summed E-state index contributed by atoms with van der Waals surface area (Å²) in [6.07, 6.45) is 0. The molecule has 1 N–H and O–H groups in total. The molecule has 1 atom stereocenters. The number of amides is 1. The van der Waals surface area contributed by atoms with Gasteiger partial charge in [-0.2, -0.15) is 37.0 Å². The van der Waals surface area contributed by atoms with Gasteiger partial charge >= 0.3 is 5.97 Å². The molecular formula is C8H15NO3S3. The number of methoxy groups -OCH3 is 1. The quantitative estimate of drug-likeness (QED) is 0.352. The van der Waals surface area contributed by atoms with Crippen molar-refractivity contribution in [1.82, 2.24) is 5.32 Å². The fourth-order valence-electron chi connectivity index (χ4n) is 0.787. The molecule has 15 heavy (non-hydrogen) atoms. The van der Waals surface area contributed by atoms with Crippen LogP contribution in [0.25, 0.3) is 0 Å².